The Hall–Kier alpha value is -3.00. The number of rotatable bonds is 5. The molecule has 0 saturated heterocycles. The third kappa shape index (κ3) is 5.08. The monoisotopic (exact) mass is 413 g/mol. The highest BCUT2D eigenvalue weighted by Crippen LogP contribution is 2.38. The summed E-state index contributed by atoms with van der Waals surface area (Å²) in [6.07, 6.45) is 5.10. The molecule has 152 valence electrons. The van der Waals surface area contributed by atoms with Crippen molar-refractivity contribution in [2.24, 2.45) is 5.10 Å². The molecule has 29 heavy (non-hydrogen) atoms. The first-order chi connectivity index (χ1) is 14.0. The van der Waals surface area contributed by atoms with Gasteiger partial charge in [-0.3, -0.25) is 9.59 Å². The van der Waals surface area contributed by atoms with Crippen LogP contribution >= 0.6 is 11.3 Å². The SMILES string of the molecule is CCOC(=O)c1c(NC(=O)C(=O)NN=Cc2ccc(C)cc2)sc2c1CCCC2. The predicted molar refractivity (Wildman–Crippen MR) is 112 cm³/mol. The van der Waals surface area contributed by atoms with Crippen LogP contribution in [0.3, 0.4) is 0 Å². The van der Waals surface area contributed by atoms with Gasteiger partial charge in [0.15, 0.2) is 0 Å². The van der Waals surface area contributed by atoms with Gasteiger partial charge in [-0.2, -0.15) is 5.10 Å². The van der Waals surface area contributed by atoms with E-state index in [0.29, 0.717) is 10.6 Å². The molecule has 7 nitrogen and oxygen atoms in total. The van der Waals surface area contributed by atoms with Crippen LogP contribution in [-0.2, 0) is 27.2 Å². The van der Waals surface area contributed by atoms with Crippen LogP contribution in [0.2, 0.25) is 0 Å². The summed E-state index contributed by atoms with van der Waals surface area (Å²) in [5.74, 6) is -2.26. The van der Waals surface area contributed by atoms with Crippen molar-refractivity contribution in [3.05, 3.63) is 51.4 Å². The molecule has 2 amide bonds. The number of carbonyl (C=O) groups is 3. The molecule has 1 aromatic heterocycles. The molecule has 2 N–H and O–H groups in total. The van der Waals surface area contributed by atoms with Crippen LogP contribution < -0.4 is 10.7 Å². The van der Waals surface area contributed by atoms with E-state index in [1.807, 2.05) is 31.2 Å². The summed E-state index contributed by atoms with van der Waals surface area (Å²) in [5.41, 5.74) is 5.41. The van der Waals surface area contributed by atoms with Crippen molar-refractivity contribution in [3.63, 3.8) is 0 Å². The number of thiophene rings is 1. The Balaban J connectivity index is 1.69. The quantitative estimate of drug-likeness (QED) is 0.340. The summed E-state index contributed by atoms with van der Waals surface area (Å²) in [6.45, 7) is 3.94. The van der Waals surface area contributed by atoms with E-state index in [1.54, 1.807) is 6.92 Å². The molecule has 0 saturated carbocycles. The minimum Gasteiger partial charge on any atom is -0.462 e. The number of benzene rings is 1. The number of ether oxygens (including phenoxy) is 1. The number of nitrogens with one attached hydrogen (secondary N) is 2. The molecule has 0 aliphatic heterocycles. The second kappa shape index (κ2) is 9.47. The van der Waals surface area contributed by atoms with E-state index in [9.17, 15) is 14.4 Å². The second-order valence-electron chi connectivity index (χ2n) is 6.70. The minimum atomic E-state index is -0.908. The van der Waals surface area contributed by atoms with Crippen LogP contribution in [0.25, 0.3) is 0 Å². The van der Waals surface area contributed by atoms with E-state index in [2.05, 4.69) is 15.8 Å². The highest BCUT2D eigenvalue weighted by atomic mass is 32.1. The summed E-state index contributed by atoms with van der Waals surface area (Å²) >= 11 is 1.33. The average molecular weight is 413 g/mol. The lowest BCUT2D eigenvalue weighted by molar-refractivity contribution is -0.136. The summed E-state index contributed by atoms with van der Waals surface area (Å²) in [7, 11) is 0. The lowest BCUT2D eigenvalue weighted by atomic mass is 9.95. The van der Waals surface area contributed by atoms with Crippen LogP contribution in [-0.4, -0.2) is 30.6 Å². The molecule has 0 spiro atoms. The maximum atomic E-state index is 12.4. The van der Waals surface area contributed by atoms with Gasteiger partial charge in [0.1, 0.15) is 5.00 Å². The van der Waals surface area contributed by atoms with E-state index in [4.69, 9.17) is 4.74 Å². The lowest BCUT2D eigenvalue weighted by Gasteiger charge is -2.12. The largest absolute Gasteiger partial charge is 0.462 e. The Bertz CT molecular complexity index is 948. The Kier molecular flexibility index (Phi) is 6.77. The van der Waals surface area contributed by atoms with Crippen molar-refractivity contribution < 1.29 is 19.1 Å². The number of anilines is 1. The maximum Gasteiger partial charge on any atom is 0.341 e. The first-order valence-corrected chi connectivity index (χ1v) is 10.3. The molecule has 1 aliphatic rings. The topological polar surface area (TPSA) is 96.9 Å². The van der Waals surface area contributed by atoms with Gasteiger partial charge in [0.25, 0.3) is 0 Å². The molecule has 1 aromatic carbocycles. The van der Waals surface area contributed by atoms with Crippen molar-refractivity contribution in [1.29, 1.82) is 0 Å². The van der Waals surface area contributed by atoms with E-state index < -0.39 is 17.8 Å². The molecule has 1 aliphatic carbocycles. The van der Waals surface area contributed by atoms with Crippen LogP contribution in [0.5, 0.6) is 0 Å². The lowest BCUT2D eigenvalue weighted by Crippen LogP contribution is -2.32. The van der Waals surface area contributed by atoms with E-state index in [0.717, 1.165) is 47.3 Å². The molecule has 0 fully saturated rings. The number of hydrogen-bond acceptors (Lipinski definition) is 6. The van der Waals surface area contributed by atoms with Crippen molar-refractivity contribution in [2.75, 3.05) is 11.9 Å². The third-order valence-electron chi connectivity index (χ3n) is 4.54. The van der Waals surface area contributed by atoms with Gasteiger partial charge < -0.3 is 10.1 Å². The second-order valence-corrected chi connectivity index (χ2v) is 7.80. The number of hydrogen-bond donors (Lipinski definition) is 2. The van der Waals surface area contributed by atoms with E-state index in [-0.39, 0.29) is 6.61 Å². The number of aryl methyl sites for hydroxylation is 2. The Labute approximate surface area is 173 Å². The molecule has 0 bridgehead atoms. The van der Waals surface area contributed by atoms with Gasteiger partial charge in [0.2, 0.25) is 0 Å². The molecule has 8 heteroatoms. The zero-order valence-corrected chi connectivity index (χ0v) is 17.2. The minimum absolute atomic E-state index is 0.241. The fourth-order valence-corrected chi connectivity index (χ4v) is 4.37. The standard InChI is InChI=1S/C21H23N3O4S/c1-3-28-21(27)17-15-6-4-5-7-16(15)29-20(17)23-18(25)19(26)24-22-12-14-10-8-13(2)9-11-14/h8-12H,3-7H2,1-2H3,(H,23,25)(H,24,26). The zero-order chi connectivity index (χ0) is 20.8. The van der Waals surface area contributed by atoms with Gasteiger partial charge in [0.05, 0.1) is 18.4 Å². The molecule has 0 unspecified atom stereocenters. The molecular formula is C21H23N3O4S. The number of esters is 1. The average Bonchev–Trinajstić information content (AvgIpc) is 3.07. The number of fused-ring (bicyclic) bond motifs is 1. The van der Waals surface area contributed by atoms with Gasteiger partial charge in [-0.1, -0.05) is 29.8 Å². The van der Waals surface area contributed by atoms with Gasteiger partial charge in [-0.15, -0.1) is 11.3 Å². The van der Waals surface area contributed by atoms with Crippen LogP contribution in [0.4, 0.5) is 5.00 Å². The number of nitrogens with zero attached hydrogens (tertiary/aromatic N) is 1. The van der Waals surface area contributed by atoms with Crippen LogP contribution in [0.1, 0.15) is 51.7 Å². The van der Waals surface area contributed by atoms with Crippen molar-refractivity contribution in [3.8, 4) is 0 Å². The normalized spacial score (nSPS) is 13.0. The van der Waals surface area contributed by atoms with E-state index in [1.165, 1.54) is 17.6 Å². The van der Waals surface area contributed by atoms with Gasteiger partial charge in [-0.25, -0.2) is 10.2 Å². The Morgan fingerprint density at radius 3 is 2.59 bits per heavy atom. The first-order valence-electron chi connectivity index (χ1n) is 9.52. The smallest absolute Gasteiger partial charge is 0.341 e. The fraction of sp³-hybridized carbons (Fsp3) is 0.333. The number of hydrazone groups is 1. The molecule has 1 heterocycles. The summed E-state index contributed by atoms with van der Waals surface area (Å²) in [6, 6.07) is 7.55. The van der Waals surface area contributed by atoms with Crippen molar-refractivity contribution >= 4 is 40.3 Å². The summed E-state index contributed by atoms with van der Waals surface area (Å²) in [4.78, 5) is 37.9. The predicted octanol–water partition coefficient (Wildman–Crippen LogP) is 3.20. The zero-order valence-electron chi connectivity index (χ0n) is 16.4. The molecular weight excluding hydrogens is 390 g/mol. The molecule has 0 atom stereocenters. The third-order valence-corrected chi connectivity index (χ3v) is 5.75. The molecule has 0 radical (unpaired) electrons. The number of carbonyl (C=O) groups excluding carboxylic acids is 3. The van der Waals surface area contributed by atoms with Gasteiger partial charge >= 0.3 is 17.8 Å². The van der Waals surface area contributed by atoms with Gasteiger partial charge in [0, 0.05) is 4.88 Å². The Morgan fingerprint density at radius 1 is 1.14 bits per heavy atom. The Morgan fingerprint density at radius 2 is 1.86 bits per heavy atom. The fourth-order valence-electron chi connectivity index (χ4n) is 3.10. The van der Waals surface area contributed by atoms with Gasteiger partial charge in [-0.05, 0) is 50.7 Å². The molecule has 3 rings (SSSR count). The van der Waals surface area contributed by atoms with Crippen LogP contribution in [0.15, 0.2) is 29.4 Å². The highest BCUT2D eigenvalue weighted by Gasteiger charge is 2.28. The van der Waals surface area contributed by atoms with Crippen LogP contribution in [0, 0.1) is 6.92 Å². The summed E-state index contributed by atoms with van der Waals surface area (Å²) in [5, 5.41) is 6.73. The molecule has 2 aromatic rings. The summed E-state index contributed by atoms with van der Waals surface area (Å²) < 4.78 is 5.15. The highest BCUT2D eigenvalue weighted by molar-refractivity contribution is 7.17. The first kappa shape index (κ1) is 20.7. The van der Waals surface area contributed by atoms with Crippen molar-refractivity contribution in [2.45, 2.75) is 39.5 Å². The maximum absolute atomic E-state index is 12.4. The van der Waals surface area contributed by atoms with Crippen molar-refractivity contribution in [1.82, 2.24) is 5.43 Å². The van der Waals surface area contributed by atoms with E-state index >= 15 is 0 Å². The number of amides is 2.